The normalized spacial score (nSPS) is 11.1. The van der Waals surface area contributed by atoms with Gasteiger partial charge in [-0.3, -0.25) is 14.7 Å². The summed E-state index contributed by atoms with van der Waals surface area (Å²) in [5.41, 5.74) is 0.0528. The van der Waals surface area contributed by atoms with Crippen LogP contribution in [-0.4, -0.2) is 51.4 Å². The summed E-state index contributed by atoms with van der Waals surface area (Å²) in [6.45, 7) is 4.19. The number of aromatic nitrogens is 3. The van der Waals surface area contributed by atoms with Gasteiger partial charge in [-0.05, 0) is 25.5 Å². The van der Waals surface area contributed by atoms with Crippen LogP contribution in [0.25, 0.3) is 0 Å². The number of halogens is 2. The Morgan fingerprint density at radius 3 is 2.59 bits per heavy atom. The number of ether oxygens (including phenoxy) is 2. The maximum atomic E-state index is 13.6. The van der Waals surface area contributed by atoms with E-state index in [1.807, 2.05) is 6.07 Å². The second-order valence-electron chi connectivity index (χ2n) is 6.07. The number of hydrogen-bond donors (Lipinski definition) is 0. The fourth-order valence-corrected chi connectivity index (χ4v) is 2.73. The molecule has 0 aliphatic heterocycles. The molecule has 0 bridgehead atoms. The molecule has 0 aromatic carbocycles. The fraction of sp³-hybridized carbons (Fsp3) is 0.474. The maximum absolute atomic E-state index is 13.6. The Kier molecular flexibility index (Phi) is 8.66. The van der Waals surface area contributed by atoms with Crippen molar-refractivity contribution in [1.82, 2.24) is 19.7 Å². The summed E-state index contributed by atoms with van der Waals surface area (Å²) in [6, 6.07) is 3.60. The molecular formula is C19H24F2N4O4. The summed E-state index contributed by atoms with van der Waals surface area (Å²) < 4.78 is 38.1. The number of esters is 2. The highest BCUT2D eigenvalue weighted by atomic mass is 19.3. The first-order valence-electron chi connectivity index (χ1n) is 9.24. The van der Waals surface area contributed by atoms with E-state index in [2.05, 4.69) is 10.1 Å². The van der Waals surface area contributed by atoms with E-state index in [9.17, 15) is 18.4 Å². The van der Waals surface area contributed by atoms with Crippen molar-refractivity contribution >= 4 is 11.9 Å². The van der Waals surface area contributed by atoms with Gasteiger partial charge in [0, 0.05) is 25.5 Å². The predicted octanol–water partition coefficient (Wildman–Crippen LogP) is 2.81. The molecule has 0 atom stereocenters. The third kappa shape index (κ3) is 6.60. The van der Waals surface area contributed by atoms with Crippen molar-refractivity contribution in [2.24, 2.45) is 0 Å². The number of rotatable bonds is 11. The maximum Gasteiger partial charge on any atom is 0.341 e. The molecule has 0 unspecified atom stereocenters. The van der Waals surface area contributed by atoms with E-state index in [0.29, 0.717) is 6.54 Å². The van der Waals surface area contributed by atoms with Crippen LogP contribution in [0, 0.1) is 0 Å². The summed E-state index contributed by atoms with van der Waals surface area (Å²) in [6.07, 6.45) is 1.53. The van der Waals surface area contributed by atoms with Crippen LogP contribution in [-0.2, 0) is 27.5 Å². The molecule has 0 N–H and O–H groups in total. The van der Waals surface area contributed by atoms with Gasteiger partial charge < -0.3 is 9.47 Å². The van der Waals surface area contributed by atoms with Crippen molar-refractivity contribution in [1.29, 1.82) is 0 Å². The first-order valence-corrected chi connectivity index (χ1v) is 9.24. The van der Waals surface area contributed by atoms with E-state index < -0.39 is 18.1 Å². The molecule has 29 heavy (non-hydrogen) atoms. The third-order valence-corrected chi connectivity index (χ3v) is 3.98. The van der Waals surface area contributed by atoms with Gasteiger partial charge in [-0.25, -0.2) is 18.3 Å². The summed E-state index contributed by atoms with van der Waals surface area (Å²) in [7, 11) is 0. The summed E-state index contributed by atoms with van der Waals surface area (Å²) in [5.74, 6) is -1.23. The lowest BCUT2D eigenvalue weighted by Crippen LogP contribution is -2.30. The van der Waals surface area contributed by atoms with Crippen LogP contribution in [0.3, 0.4) is 0 Å². The first-order chi connectivity index (χ1) is 14.0. The highest BCUT2D eigenvalue weighted by Gasteiger charge is 2.26. The molecule has 0 aliphatic carbocycles. The molecule has 0 aliphatic rings. The Labute approximate surface area is 167 Å². The van der Waals surface area contributed by atoms with E-state index in [1.165, 1.54) is 0 Å². The lowest BCUT2D eigenvalue weighted by atomic mass is 10.2. The highest BCUT2D eigenvalue weighted by molar-refractivity contribution is 5.90. The zero-order valence-corrected chi connectivity index (χ0v) is 16.4. The Morgan fingerprint density at radius 1 is 1.21 bits per heavy atom. The molecule has 2 aromatic rings. The minimum absolute atomic E-state index is 0.0482. The fourth-order valence-electron chi connectivity index (χ4n) is 2.73. The number of hydrogen-bond acceptors (Lipinski definition) is 7. The van der Waals surface area contributed by atoms with Crippen molar-refractivity contribution in [3.05, 3.63) is 47.5 Å². The van der Waals surface area contributed by atoms with Gasteiger partial charge in [0.25, 0.3) is 6.43 Å². The molecule has 2 rings (SSSR count). The van der Waals surface area contributed by atoms with Crippen molar-refractivity contribution in [2.75, 3.05) is 19.8 Å². The molecule has 10 heteroatoms. The van der Waals surface area contributed by atoms with Gasteiger partial charge in [0.15, 0.2) is 0 Å². The predicted molar refractivity (Wildman–Crippen MR) is 99.0 cm³/mol. The summed E-state index contributed by atoms with van der Waals surface area (Å²) in [4.78, 5) is 29.5. The molecule has 0 fully saturated rings. The van der Waals surface area contributed by atoms with Crippen LogP contribution in [0.2, 0.25) is 0 Å². The van der Waals surface area contributed by atoms with E-state index in [1.54, 1.807) is 37.2 Å². The van der Waals surface area contributed by atoms with Gasteiger partial charge >= 0.3 is 11.9 Å². The summed E-state index contributed by atoms with van der Waals surface area (Å²) >= 11 is 0. The molecule has 0 amide bonds. The number of nitrogens with zero attached hydrogens (tertiary/aromatic N) is 4. The zero-order valence-electron chi connectivity index (χ0n) is 16.4. The molecule has 158 valence electrons. The van der Waals surface area contributed by atoms with Crippen LogP contribution < -0.4 is 0 Å². The molecule has 8 nitrogen and oxygen atoms in total. The number of pyridine rings is 1. The SMILES string of the molecule is CCOC(=O)CCN(Cc1cccnc1)Cn1ncc(C(=O)OCC)c1C(F)F. The van der Waals surface area contributed by atoms with E-state index >= 15 is 0 Å². The monoisotopic (exact) mass is 410 g/mol. The minimum atomic E-state index is -2.91. The molecule has 0 saturated carbocycles. The lowest BCUT2D eigenvalue weighted by Gasteiger charge is -2.23. The second-order valence-corrected chi connectivity index (χ2v) is 6.07. The second kappa shape index (κ2) is 11.2. The zero-order chi connectivity index (χ0) is 21.2. The third-order valence-electron chi connectivity index (χ3n) is 3.98. The standard InChI is InChI=1S/C19H24F2N4O4/c1-3-28-16(26)7-9-24(12-14-6-5-8-22-10-14)13-25-17(18(20)21)15(11-23-25)19(27)29-4-2/h5-6,8,10-11,18H,3-4,7,9,12-13H2,1-2H3. The van der Waals surface area contributed by atoms with Gasteiger partial charge in [0.2, 0.25) is 0 Å². The Balaban J connectivity index is 2.22. The quantitative estimate of drug-likeness (QED) is 0.527. The van der Waals surface area contributed by atoms with Gasteiger partial charge in [0.1, 0.15) is 11.3 Å². The largest absolute Gasteiger partial charge is 0.466 e. The number of alkyl halides is 2. The first kappa shape index (κ1) is 22.4. The molecule has 0 saturated heterocycles. The van der Waals surface area contributed by atoms with E-state index in [-0.39, 0.29) is 44.4 Å². The van der Waals surface area contributed by atoms with Crippen molar-refractivity contribution in [3.8, 4) is 0 Å². The molecule has 2 heterocycles. The van der Waals surface area contributed by atoms with Crippen molar-refractivity contribution in [2.45, 2.75) is 39.9 Å². The van der Waals surface area contributed by atoms with E-state index in [0.717, 1.165) is 16.4 Å². The highest BCUT2D eigenvalue weighted by Crippen LogP contribution is 2.24. The van der Waals surface area contributed by atoms with Crippen LogP contribution in [0.4, 0.5) is 8.78 Å². The number of carbonyl (C=O) groups is 2. The molecule has 0 spiro atoms. The topological polar surface area (TPSA) is 86.5 Å². The average molecular weight is 410 g/mol. The Morgan fingerprint density at radius 2 is 1.97 bits per heavy atom. The molecular weight excluding hydrogens is 386 g/mol. The van der Waals surface area contributed by atoms with Gasteiger partial charge in [0.05, 0.1) is 32.5 Å². The molecule has 0 radical (unpaired) electrons. The van der Waals surface area contributed by atoms with Crippen LogP contribution >= 0.6 is 0 Å². The van der Waals surface area contributed by atoms with Gasteiger partial charge in [-0.2, -0.15) is 5.10 Å². The average Bonchev–Trinajstić information content (AvgIpc) is 3.11. The minimum Gasteiger partial charge on any atom is -0.466 e. The van der Waals surface area contributed by atoms with Crippen molar-refractivity contribution < 1.29 is 27.8 Å². The van der Waals surface area contributed by atoms with Crippen LogP contribution in [0.5, 0.6) is 0 Å². The molecule has 2 aromatic heterocycles. The van der Waals surface area contributed by atoms with Crippen molar-refractivity contribution in [3.63, 3.8) is 0 Å². The van der Waals surface area contributed by atoms with Crippen LogP contribution in [0.1, 0.15) is 48.3 Å². The lowest BCUT2D eigenvalue weighted by molar-refractivity contribution is -0.143. The Hall–Kier alpha value is -2.88. The van der Waals surface area contributed by atoms with Crippen LogP contribution in [0.15, 0.2) is 30.7 Å². The smallest absolute Gasteiger partial charge is 0.341 e. The Bertz CT molecular complexity index is 799. The number of carbonyl (C=O) groups excluding carboxylic acids is 2. The summed E-state index contributed by atoms with van der Waals surface area (Å²) in [5, 5.41) is 3.95. The van der Waals surface area contributed by atoms with Gasteiger partial charge in [-0.1, -0.05) is 6.07 Å². The van der Waals surface area contributed by atoms with Gasteiger partial charge in [-0.15, -0.1) is 0 Å². The van der Waals surface area contributed by atoms with E-state index in [4.69, 9.17) is 9.47 Å².